The van der Waals surface area contributed by atoms with Gasteiger partial charge in [0.2, 0.25) is 23.6 Å². The van der Waals surface area contributed by atoms with E-state index in [1.165, 1.54) is 36.2 Å². The molecular formula is C37H44FN5O7. The van der Waals surface area contributed by atoms with E-state index in [1.807, 2.05) is 13.8 Å². The molecule has 3 aromatic rings. The van der Waals surface area contributed by atoms with Crippen LogP contribution in [0.4, 0.5) is 4.39 Å². The molecule has 3 atom stereocenters. The summed E-state index contributed by atoms with van der Waals surface area (Å²) < 4.78 is 24.9. The number of carbonyl (C=O) groups excluding carboxylic acids is 5. The van der Waals surface area contributed by atoms with Gasteiger partial charge in [0.05, 0.1) is 24.7 Å². The Morgan fingerprint density at radius 3 is 2.36 bits per heavy atom. The minimum atomic E-state index is -1.15. The highest BCUT2D eigenvalue weighted by atomic mass is 19.1. The predicted octanol–water partition coefficient (Wildman–Crippen LogP) is 3.14. The number of benzene rings is 3. The van der Waals surface area contributed by atoms with Crippen LogP contribution in [0.25, 0.3) is 0 Å². The first-order chi connectivity index (χ1) is 24.0. The highest BCUT2D eigenvalue weighted by molar-refractivity contribution is 6.00. The quantitative estimate of drug-likeness (QED) is 0.265. The number of likely N-dealkylation sites (N-methyl/N-ethyl adjacent to an activating group) is 1. The van der Waals surface area contributed by atoms with Crippen molar-refractivity contribution in [2.45, 2.75) is 51.2 Å². The van der Waals surface area contributed by atoms with Gasteiger partial charge in [-0.2, -0.15) is 0 Å². The summed E-state index contributed by atoms with van der Waals surface area (Å²) in [5.74, 6) is -2.16. The number of nitrogens with zero attached hydrogens (tertiary/aromatic N) is 1. The molecule has 0 aliphatic carbocycles. The molecule has 4 N–H and O–H groups in total. The number of para-hydroxylation sites is 1. The van der Waals surface area contributed by atoms with Crippen molar-refractivity contribution in [3.05, 3.63) is 95.8 Å². The number of carbonyl (C=O) groups is 5. The van der Waals surface area contributed by atoms with Gasteiger partial charge in [0.15, 0.2) is 0 Å². The maximum absolute atomic E-state index is 13.7. The highest BCUT2D eigenvalue weighted by Crippen LogP contribution is 2.21. The lowest BCUT2D eigenvalue weighted by Crippen LogP contribution is -2.49. The van der Waals surface area contributed by atoms with E-state index in [0.29, 0.717) is 17.7 Å². The van der Waals surface area contributed by atoms with Crippen LogP contribution in [0, 0.1) is 11.7 Å². The fourth-order valence-electron chi connectivity index (χ4n) is 5.44. The summed E-state index contributed by atoms with van der Waals surface area (Å²) in [6, 6.07) is 17.9. The number of hydrogen-bond donors (Lipinski definition) is 4. The second-order valence-electron chi connectivity index (χ2n) is 12.5. The van der Waals surface area contributed by atoms with Crippen molar-refractivity contribution < 1.29 is 37.8 Å². The van der Waals surface area contributed by atoms with E-state index in [4.69, 9.17) is 9.47 Å². The normalized spacial score (nSPS) is 19.5. The van der Waals surface area contributed by atoms with Crippen LogP contribution >= 0.6 is 0 Å². The molecule has 0 radical (unpaired) electrons. The zero-order valence-corrected chi connectivity index (χ0v) is 28.4. The van der Waals surface area contributed by atoms with Gasteiger partial charge in [-0.15, -0.1) is 0 Å². The molecule has 1 heterocycles. The summed E-state index contributed by atoms with van der Waals surface area (Å²) >= 11 is 0. The number of ether oxygens (including phenoxy) is 2. The average Bonchev–Trinajstić information content (AvgIpc) is 3.09. The monoisotopic (exact) mass is 689 g/mol. The maximum atomic E-state index is 13.7. The first-order valence-corrected chi connectivity index (χ1v) is 16.6. The van der Waals surface area contributed by atoms with Crippen LogP contribution in [-0.4, -0.2) is 79.9 Å². The minimum Gasteiger partial charge on any atom is -0.492 e. The molecule has 0 bridgehead atoms. The average molecular weight is 690 g/mol. The van der Waals surface area contributed by atoms with Gasteiger partial charge >= 0.3 is 0 Å². The van der Waals surface area contributed by atoms with Gasteiger partial charge in [-0.1, -0.05) is 56.3 Å². The van der Waals surface area contributed by atoms with Crippen LogP contribution in [0.1, 0.15) is 55.1 Å². The third-order valence-electron chi connectivity index (χ3n) is 7.90. The minimum absolute atomic E-state index is 0.0482. The largest absolute Gasteiger partial charge is 0.492 e. The van der Waals surface area contributed by atoms with E-state index < -0.39 is 53.5 Å². The Morgan fingerprint density at radius 1 is 0.940 bits per heavy atom. The Labute approximate surface area is 291 Å². The molecule has 1 aliphatic rings. The molecule has 0 saturated heterocycles. The van der Waals surface area contributed by atoms with Gasteiger partial charge < -0.3 is 35.6 Å². The summed E-state index contributed by atoms with van der Waals surface area (Å²) in [6.45, 7) is 3.92. The molecule has 266 valence electrons. The van der Waals surface area contributed by atoms with Gasteiger partial charge in [0, 0.05) is 13.5 Å². The van der Waals surface area contributed by atoms with Crippen LogP contribution in [0.2, 0.25) is 0 Å². The molecule has 0 saturated carbocycles. The standard InChI is InChI=1S/C37H44FN5O7/c1-24(2)21-27-23-50-31-12-8-7-11-29(31)35(46)41-30(36(47)39-19-20-49-28-15-13-26(38)14-16-28)17-18-32(44)42-34(25-9-5-4-6-10-25)37(48)43(3)22-33(45)40-27/h4-16,24,27,30,34H,17-23H2,1-3H3,(H,39,47)(H,40,45)(H,41,46)(H,42,44)/t27-,30-,34-/m0/s1. The van der Waals surface area contributed by atoms with E-state index in [0.717, 1.165) is 0 Å². The summed E-state index contributed by atoms with van der Waals surface area (Å²) in [5.41, 5.74) is 0.679. The van der Waals surface area contributed by atoms with E-state index in [9.17, 15) is 28.4 Å². The first kappa shape index (κ1) is 37.4. The summed E-state index contributed by atoms with van der Waals surface area (Å²) in [4.78, 5) is 68.4. The molecular weight excluding hydrogens is 645 g/mol. The van der Waals surface area contributed by atoms with Gasteiger partial charge in [-0.3, -0.25) is 24.0 Å². The SMILES string of the molecule is CC(C)C[C@H]1COc2ccccc2C(=O)N[C@H](C(=O)NCCOc2ccc(F)cc2)CCC(=O)N[C@@H](c2ccccc2)C(=O)N(C)CC(=O)N1. The number of amides is 5. The molecule has 0 aromatic heterocycles. The van der Waals surface area contributed by atoms with Crippen molar-refractivity contribution in [1.29, 1.82) is 0 Å². The van der Waals surface area contributed by atoms with E-state index in [2.05, 4.69) is 21.3 Å². The number of nitrogens with one attached hydrogen (secondary N) is 4. The fourth-order valence-corrected chi connectivity index (χ4v) is 5.44. The zero-order chi connectivity index (χ0) is 36.0. The van der Waals surface area contributed by atoms with Gasteiger partial charge in [0.25, 0.3) is 5.91 Å². The van der Waals surface area contributed by atoms with E-state index in [-0.39, 0.29) is 56.4 Å². The lowest BCUT2D eigenvalue weighted by atomic mass is 10.0. The third-order valence-corrected chi connectivity index (χ3v) is 7.90. The third kappa shape index (κ3) is 11.3. The van der Waals surface area contributed by atoms with Crippen molar-refractivity contribution in [2.24, 2.45) is 5.92 Å². The van der Waals surface area contributed by atoms with Crippen molar-refractivity contribution in [3.8, 4) is 11.5 Å². The lowest BCUT2D eigenvalue weighted by molar-refractivity contribution is -0.138. The number of halogens is 1. The van der Waals surface area contributed by atoms with Crippen LogP contribution in [0.5, 0.6) is 11.5 Å². The van der Waals surface area contributed by atoms with Crippen molar-refractivity contribution in [2.75, 3.05) is 33.4 Å². The number of rotatable bonds is 8. The topological polar surface area (TPSA) is 155 Å². The molecule has 3 aromatic carbocycles. The van der Waals surface area contributed by atoms with Crippen LogP contribution in [0.3, 0.4) is 0 Å². The molecule has 0 unspecified atom stereocenters. The molecule has 13 heteroatoms. The van der Waals surface area contributed by atoms with E-state index >= 15 is 0 Å². The molecule has 0 spiro atoms. The Bertz CT molecular complexity index is 1620. The Hall–Kier alpha value is -5.46. The Balaban J connectivity index is 1.58. The fraction of sp³-hybridized carbons (Fsp3) is 0.378. The molecule has 12 nitrogen and oxygen atoms in total. The van der Waals surface area contributed by atoms with Gasteiger partial charge in [0.1, 0.15) is 42.6 Å². The molecule has 5 amide bonds. The van der Waals surface area contributed by atoms with Gasteiger partial charge in [-0.05, 0) is 60.7 Å². The van der Waals surface area contributed by atoms with Crippen LogP contribution < -0.4 is 30.7 Å². The predicted molar refractivity (Wildman–Crippen MR) is 184 cm³/mol. The van der Waals surface area contributed by atoms with Crippen molar-refractivity contribution in [3.63, 3.8) is 0 Å². The van der Waals surface area contributed by atoms with Gasteiger partial charge in [-0.25, -0.2) is 4.39 Å². The summed E-state index contributed by atoms with van der Waals surface area (Å²) in [7, 11) is 1.49. The van der Waals surface area contributed by atoms with Crippen LogP contribution in [-0.2, 0) is 19.2 Å². The Morgan fingerprint density at radius 2 is 1.64 bits per heavy atom. The smallest absolute Gasteiger partial charge is 0.255 e. The first-order valence-electron chi connectivity index (χ1n) is 16.6. The lowest BCUT2D eigenvalue weighted by Gasteiger charge is -2.27. The molecule has 4 rings (SSSR count). The zero-order valence-electron chi connectivity index (χ0n) is 28.4. The Kier molecular flexibility index (Phi) is 13.7. The maximum Gasteiger partial charge on any atom is 0.255 e. The van der Waals surface area contributed by atoms with E-state index in [1.54, 1.807) is 54.6 Å². The molecule has 0 fully saturated rings. The second-order valence-corrected chi connectivity index (χ2v) is 12.5. The highest BCUT2D eigenvalue weighted by Gasteiger charge is 2.29. The number of hydrogen-bond acceptors (Lipinski definition) is 7. The van der Waals surface area contributed by atoms with Crippen molar-refractivity contribution >= 4 is 29.5 Å². The number of fused-ring (bicyclic) bond motifs is 1. The summed E-state index contributed by atoms with van der Waals surface area (Å²) in [6.07, 6.45) is 0.240. The van der Waals surface area contributed by atoms with Crippen molar-refractivity contribution in [1.82, 2.24) is 26.2 Å². The van der Waals surface area contributed by atoms with Crippen LogP contribution in [0.15, 0.2) is 78.9 Å². The second kappa shape index (κ2) is 18.3. The summed E-state index contributed by atoms with van der Waals surface area (Å²) in [5, 5.41) is 11.2. The molecule has 1 aliphatic heterocycles. The molecule has 50 heavy (non-hydrogen) atoms.